The number of rotatable bonds is 7. The SMILES string of the molecule is CC(C)=CCC/C(C)=C/C[C@]1(O)C(=O)C2=C(C(=O)C1(Cl)CC=C(C)C)C(O)=C(C)C(=O)C2=[N+]=[N-]. The van der Waals surface area contributed by atoms with Crippen LogP contribution in [0.2, 0.25) is 0 Å². The van der Waals surface area contributed by atoms with E-state index in [9.17, 15) is 30.1 Å². The van der Waals surface area contributed by atoms with Crippen molar-refractivity contribution in [2.24, 2.45) is 0 Å². The summed E-state index contributed by atoms with van der Waals surface area (Å²) in [5, 5.41) is 22.3. The van der Waals surface area contributed by atoms with Crippen LogP contribution in [0.5, 0.6) is 0 Å². The first-order valence-corrected chi connectivity index (χ1v) is 11.5. The molecule has 0 heterocycles. The Morgan fingerprint density at radius 3 is 2.09 bits per heavy atom. The second-order valence-electron chi connectivity index (χ2n) is 9.38. The van der Waals surface area contributed by atoms with Crippen LogP contribution in [0.4, 0.5) is 0 Å². The lowest BCUT2D eigenvalue weighted by molar-refractivity contribution is -0.145. The molecule has 34 heavy (non-hydrogen) atoms. The van der Waals surface area contributed by atoms with Gasteiger partial charge < -0.3 is 15.7 Å². The maximum absolute atomic E-state index is 13.7. The Morgan fingerprint density at radius 2 is 1.56 bits per heavy atom. The third-order valence-electron chi connectivity index (χ3n) is 6.21. The number of aliphatic hydroxyl groups excluding tert-OH is 1. The van der Waals surface area contributed by atoms with Crippen LogP contribution in [0.25, 0.3) is 5.53 Å². The van der Waals surface area contributed by atoms with E-state index in [1.165, 1.54) is 12.5 Å². The molecule has 0 spiro atoms. The fourth-order valence-corrected chi connectivity index (χ4v) is 4.34. The van der Waals surface area contributed by atoms with Crippen molar-refractivity contribution in [3.8, 4) is 0 Å². The molecule has 2 aliphatic carbocycles. The highest BCUT2D eigenvalue weighted by Gasteiger charge is 2.66. The number of nitrogens with zero attached hydrogens (tertiary/aromatic N) is 2. The standard InChI is InChI=1S/C26H31ClN2O5/c1-14(2)8-7-9-16(5)11-13-26(34)24(33)18-19(21(30)17(6)22(31)20(18)29-28)23(32)25(26,27)12-10-15(3)4/h8,10-11,30,34H,7,9,12-13H2,1-6H3/b16-11+/t25?,26-/m0/s1. The summed E-state index contributed by atoms with van der Waals surface area (Å²) < 4.78 is 0. The largest absolute Gasteiger partial charge is 0.507 e. The molecule has 2 aliphatic rings. The highest BCUT2D eigenvalue weighted by molar-refractivity contribution is 6.60. The van der Waals surface area contributed by atoms with E-state index in [2.05, 4.69) is 10.9 Å². The smallest absolute Gasteiger partial charge is 0.374 e. The van der Waals surface area contributed by atoms with Gasteiger partial charge in [0.15, 0.2) is 11.4 Å². The van der Waals surface area contributed by atoms with E-state index in [4.69, 9.17) is 11.6 Å². The number of alkyl halides is 1. The Kier molecular flexibility index (Phi) is 8.20. The molecule has 2 rings (SSSR count). The normalized spacial score (nSPS) is 25.4. The number of halogens is 1. The fraction of sp³-hybridized carbons (Fsp3) is 0.462. The summed E-state index contributed by atoms with van der Waals surface area (Å²) in [6.07, 6.45) is 6.29. The van der Waals surface area contributed by atoms with Gasteiger partial charge in [-0.1, -0.05) is 34.9 Å². The minimum Gasteiger partial charge on any atom is -0.507 e. The molecule has 0 aliphatic heterocycles. The van der Waals surface area contributed by atoms with Gasteiger partial charge in [-0.2, -0.15) is 4.79 Å². The molecule has 0 amide bonds. The topological polar surface area (TPSA) is 128 Å². The second kappa shape index (κ2) is 10.2. The van der Waals surface area contributed by atoms with E-state index in [0.717, 1.165) is 17.6 Å². The number of aliphatic hydroxyl groups is 2. The lowest BCUT2D eigenvalue weighted by Crippen LogP contribution is -2.65. The molecule has 8 heteroatoms. The van der Waals surface area contributed by atoms with Gasteiger partial charge in [-0.05, 0) is 60.8 Å². The van der Waals surface area contributed by atoms with Gasteiger partial charge in [-0.3, -0.25) is 14.4 Å². The summed E-state index contributed by atoms with van der Waals surface area (Å²) in [5.74, 6) is -3.58. The highest BCUT2D eigenvalue weighted by Crippen LogP contribution is 2.48. The van der Waals surface area contributed by atoms with Gasteiger partial charge in [-0.25, -0.2) is 0 Å². The molecule has 0 bridgehead atoms. The zero-order valence-electron chi connectivity index (χ0n) is 20.5. The molecule has 1 unspecified atom stereocenters. The van der Waals surface area contributed by atoms with Crippen LogP contribution in [0.1, 0.15) is 67.2 Å². The van der Waals surface area contributed by atoms with Crippen molar-refractivity contribution in [3.05, 3.63) is 63.0 Å². The Balaban J connectivity index is 2.72. The van der Waals surface area contributed by atoms with E-state index in [-0.39, 0.29) is 18.4 Å². The third-order valence-corrected chi connectivity index (χ3v) is 6.85. The first-order valence-electron chi connectivity index (χ1n) is 11.1. The Bertz CT molecular complexity index is 1160. The average Bonchev–Trinajstić information content (AvgIpc) is 2.77. The van der Waals surface area contributed by atoms with Crippen molar-refractivity contribution < 1.29 is 29.4 Å². The first kappa shape index (κ1) is 27.4. The van der Waals surface area contributed by atoms with Gasteiger partial charge in [0.2, 0.25) is 5.78 Å². The van der Waals surface area contributed by atoms with Crippen molar-refractivity contribution in [1.82, 2.24) is 0 Å². The molecule has 0 aromatic rings. The van der Waals surface area contributed by atoms with Crippen LogP contribution in [0.3, 0.4) is 0 Å². The summed E-state index contributed by atoms with van der Waals surface area (Å²) in [7, 11) is 0. The molecular formula is C26H31ClN2O5. The number of hydrogen-bond acceptors (Lipinski definition) is 5. The van der Waals surface area contributed by atoms with E-state index < -0.39 is 50.4 Å². The van der Waals surface area contributed by atoms with E-state index in [1.807, 2.05) is 20.8 Å². The summed E-state index contributed by atoms with van der Waals surface area (Å²) in [6.45, 7) is 10.6. The van der Waals surface area contributed by atoms with Gasteiger partial charge in [-0.15, -0.1) is 11.6 Å². The predicted octanol–water partition coefficient (Wildman–Crippen LogP) is 4.67. The van der Waals surface area contributed by atoms with Gasteiger partial charge >= 0.3 is 5.71 Å². The van der Waals surface area contributed by atoms with Crippen molar-refractivity contribution in [3.63, 3.8) is 0 Å². The molecular weight excluding hydrogens is 456 g/mol. The summed E-state index contributed by atoms with van der Waals surface area (Å²) >= 11 is 6.80. The van der Waals surface area contributed by atoms with Gasteiger partial charge in [0, 0.05) is 12.0 Å². The van der Waals surface area contributed by atoms with Crippen molar-refractivity contribution >= 4 is 34.7 Å². The van der Waals surface area contributed by atoms with Crippen LogP contribution in [0, 0.1) is 0 Å². The fourth-order valence-electron chi connectivity index (χ4n) is 4.01. The summed E-state index contributed by atoms with van der Waals surface area (Å²) in [4.78, 5) is 40.7. The van der Waals surface area contributed by atoms with Crippen LogP contribution in [-0.2, 0) is 14.4 Å². The van der Waals surface area contributed by atoms with Crippen LogP contribution < -0.4 is 0 Å². The quantitative estimate of drug-likeness (QED) is 0.178. The monoisotopic (exact) mass is 486 g/mol. The number of Topliss-reactive ketones (excluding diaryl/α,β-unsaturated/α-hetero) is 3. The summed E-state index contributed by atoms with van der Waals surface area (Å²) in [5.41, 5.74) is 7.78. The minimum atomic E-state index is -2.45. The molecule has 0 aromatic heterocycles. The second-order valence-corrected chi connectivity index (χ2v) is 10.0. The summed E-state index contributed by atoms with van der Waals surface area (Å²) in [6, 6.07) is 0. The van der Waals surface area contributed by atoms with Crippen molar-refractivity contribution in [2.45, 2.75) is 77.7 Å². The zero-order chi connectivity index (χ0) is 26.0. The van der Waals surface area contributed by atoms with E-state index in [1.54, 1.807) is 26.0 Å². The highest BCUT2D eigenvalue weighted by atomic mass is 35.5. The van der Waals surface area contributed by atoms with Crippen molar-refractivity contribution in [2.75, 3.05) is 0 Å². The molecule has 182 valence electrons. The third kappa shape index (κ3) is 4.69. The number of allylic oxidation sites excluding steroid dienone is 7. The molecule has 0 aromatic carbocycles. The number of carbonyl (C=O) groups is 3. The molecule has 0 saturated carbocycles. The molecule has 0 fully saturated rings. The number of carbonyl (C=O) groups excluding carboxylic acids is 3. The average molecular weight is 487 g/mol. The lowest BCUT2D eigenvalue weighted by Gasteiger charge is -2.44. The van der Waals surface area contributed by atoms with Crippen molar-refractivity contribution in [1.29, 1.82) is 0 Å². The number of ketones is 3. The minimum absolute atomic E-state index is 0.189. The molecule has 0 saturated heterocycles. The lowest BCUT2D eigenvalue weighted by atomic mass is 9.64. The predicted molar refractivity (Wildman–Crippen MR) is 131 cm³/mol. The Labute approximate surface area is 204 Å². The molecule has 2 N–H and O–H groups in total. The van der Waals surface area contributed by atoms with Crippen LogP contribution in [-0.4, -0.2) is 48.5 Å². The number of hydrogen-bond donors (Lipinski definition) is 2. The first-order chi connectivity index (χ1) is 15.7. The molecule has 2 atom stereocenters. The Morgan fingerprint density at radius 1 is 0.971 bits per heavy atom. The Hall–Kier alpha value is -2.86. The van der Waals surface area contributed by atoms with Gasteiger partial charge in [0.1, 0.15) is 16.2 Å². The maximum atomic E-state index is 13.7. The zero-order valence-corrected chi connectivity index (χ0v) is 21.2. The van der Waals surface area contributed by atoms with Crippen LogP contribution >= 0.6 is 11.6 Å². The molecule has 7 nitrogen and oxygen atoms in total. The van der Waals surface area contributed by atoms with Gasteiger partial charge in [0.25, 0.3) is 5.78 Å². The van der Waals surface area contributed by atoms with Crippen LogP contribution in [0.15, 0.2) is 57.4 Å². The maximum Gasteiger partial charge on any atom is 0.374 e. The van der Waals surface area contributed by atoms with Gasteiger partial charge in [0.05, 0.1) is 5.57 Å². The van der Waals surface area contributed by atoms with E-state index >= 15 is 0 Å². The molecule has 0 radical (unpaired) electrons. The van der Waals surface area contributed by atoms with E-state index in [0.29, 0.717) is 6.42 Å².